The quantitative estimate of drug-likeness (QED) is 0.679. The highest BCUT2D eigenvalue weighted by molar-refractivity contribution is 9.10. The van der Waals surface area contributed by atoms with Crippen LogP contribution in [-0.4, -0.2) is 39.7 Å². The molecule has 86 valence electrons. The van der Waals surface area contributed by atoms with Gasteiger partial charge in [-0.05, 0) is 28.1 Å². The zero-order chi connectivity index (χ0) is 12.1. The number of carbonyl (C=O) groups excluding carboxylic acids is 1. The van der Waals surface area contributed by atoms with Gasteiger partial charge in [0.2, 0.25) is 0 Å². The third-order valence-electron chi connectivity index (χ3n) is 1.77. The summed E-state index contributed by atoms with van der Waals surface area (Å²) in [4.78, 5) is 25.9. The largest absolute Gasteiger partial charge is 0.480 e. The number of halogens is 1. The molecule has 0 fully saturated rings. The normalized spacial score (nSPS) is 11.9. The summed E-state index contributed by atoms with van der Waals surface area (Å²) in [5.41, 5.74) is 0.265. The summed E-state index contributed by atoms with van der Waals surface area (Å²) in [6.45, 7) is -0.659. The summed E-state index contributed by atoms with van der Waals surface area (Å²) in [5.74, 6) is -1.87. The Morgan fingerprint density at radius 3 is 2.75 bits per heavy atom. The van der Waals surface area contributed by atoms with E-state index in [1.165, 1.54) is 18.3 Å². The fourth-order valence-electron chi connectivity index (χ4n) is 0.971. The second kappa shape index (κ2) is 5.57. The average Bonchev–Trinajstić information content (AvgIpc) is 2.25. The van der Waals surface area contributed by atoms with Crippen molar-refractivity contribution in [1.29, 1.82) is 0 Å². The van der Waals surface area contributed by atoms with Gasteiger partial charge in [0, 0.05) is 11.8 Å². The summed E-state index contributed by atoms with van der Waals surface area (Å²) < 4.78 is 0.469. The number of carboxylic acid groups (broad SMARTS) is 1. The number of carbonyl (C=O) groups is 2. The standard InChI is InChI=1S/C9H9BrN2O4/c10-7-3-5(1-2-11-7)8(14)12-6(4-13)9(15)16/h1-3,6,13H,4H2,(H,12,14)(H,15,16). The highest BCUT2D eigenvalue weighted by atomic mass is 79.9. The molecule has 0 aliphatic rings. The summed E-state index contributed by atoms with van der Waals surface area (Å²) in [6.07, 6.45) is 1.41. The number of nitrogens with one attached hydrogen (secondary N) is 1. The molecule has 0 spiro atoms. The van der Waals surface area contributed by atoms with Gasteiger partial charge < -0.3 is 15.5 Å². The molecule has 1 rings (SSSR count). The lowest BCUT2D eigenvalue weighted by molar-refractivity contribution is -0.140. The van der Waals surface area contributed by atoms with Crippen LogP contribution in [0.2, 0.25) is 0 Å². The zero-order valence-electron chi connectivity index (χ0n) is 8.05. The predicted molar refractivity (Wildman–Crippen MR) is 57.9 cm³/mol. The topological polar surface area (TPSA) is 99.5 Å². The fourth-order valence-corrected chi connectivity index (χ4v) is 1.34. The Bertz CT molecular complexity index is 410. The molecule has 0 aliphatic carbocycles. The van der Waals surface area contributed by atoms with Crippen LogP contribution >= 0.6 is 15.9 Å². The van der Waals surface area contributed by atoms with Gasteiger partial charge in [0.15, 0.2) is 6.04 Å². The lowest BCUT2D eigenvalue weighted by Gasteiger charge is -2.11. The zero-order valence-corrected chi connectivity index (χ0v) is 9.64. The van der Waals surface area contributed by atoms with E-state index in [-0.39, 0.29) is 5.56 Å². The molecule has 1 amide bonds. The first kappa shape index (κ1) is 12.6. The Kier molecular flexibility index (Phi) is 4.39. The van der Waals surface area contributed by atoms with Crippen LogP contribution in [0.3, 0.4) is 0 Å². The van der Waals surface area contributed by atoms with Gasteiger partial charge in [0.25, 0.3) is 5.91 Å². The summed E-state index contributed by atoms with van der Waals surface area (Å²) in [5, 5.41) is 19.5. The molecule has 1 aromatic heterocycles. The van der Waals surface area contributed by atoms with Crippen molar-refractivity contribution in [2.75, 3.05) is 6.61 Å². The van der Waals surface area contributed by atoms with Crippen molar-refractivity contribution in [1.82, 2.24) is 10.3 Å². The van der Waals surface area contributed by atoms with Crippen LogP contribution in [0.5, 0.6) is 0 Å². The van der Waals surface area contributed by atoms with Gasteiger partial charge in [-0.3, -0.25) is 4.79 Å². The van der Waals surface area contributed by atoms with E-state index in [1.54, 1.807) is 0 Å². The molecular formula is C9H9BrN2O4. The van der Waals surface area contributed by atoms with Crippen molar-refractivity contribution in [3.8, 4) is 0 Å². The maximum Gasteiger partial charge on any atom is 0.328 e. The van der Waals surface area contributed by atoms with Crippen molar-refractivity contribution in [3.05, 3.63) is 28.5 Å². The van der Waals surface area contributed by atoms with Crippen LogP contribution < -0.4 is 5.32 Å². The van der Waals surface area contributed by atoms with Crippen molar-refractivity contribution >= 4 is 27.8 Å². The van der Waals surface area contributed by atoms with Crippen LogP contribution in [-0.2, 0) is 4.79 Å². The molecule has 1 aromatic rings. The van der Waals surface area contributed by atoms with Gasteiger partial charge in [-0.2, -0.15) is 0 Å². The fraction of sp³-hybridized carbons (Fsp3) is 0.222. The Labute approximate surface area is 99.4 Å². The number of carboxylic acids is 1. The number of nitrogens with zero attached hydrogens (tertiary/aromatic N) is 1. The predicted octanol–water partition coefficient (Wildman–Crippen LogP) is 0.0194. The number of hydrogen-bond donors (Lipinski definition) is 3. The van der Waals surface area contributed by atoms with Crippen LogP contribution in [0.25, 0.3) is 0 Å². The number of aromatic nitrogens is 1. The number of hydrogen-bond acceptors (Lipinski definition) is 4. The molecule has 1 atom stereocenters. The van der Waals surface area contributed by atoms with E-state index in [4.69, 9.17) is 10.2 Å². The maximum absolute atomic E-state index is 11.5. The van der Waals surface area contributed by atoms with E-state index in [2.05, 4.69) is 26.2 Å². The number of aliphatic hydroxyl groups is 1. The number of aliphatic carboxylic acids is 1. The lowest BCUT2D eigenvalue weighted by Crippen LogP contribution is -2.43. The van der Waals surface area contributed by atoms with Gasteiger partial charge in [0.1, 0.15) is 4.60 Å². The molecule has 0 saturated carbocycles. The van der Waals surface area contributed by atoms with E-state index in [9.17, 15) is 9.59 Å². The van der Waals surface area contributed by atoms with E-state index in [0.29, 0.717) is 4.60 Å². The molecule has 0 aliphatic heterocycles. The van der Waals surface area contributed by atoms with Gasteiger partial charge in [-0.25, -0.2) is 9.78 Å². The van der Waals surface area contributed by atoms with Crippen LogP contribution in [0.4, 0.5) is 0 Å². The molecule has 3 N–H and O–H groups in total. The van der Waals surface area contributed by atoms with Gasteiger partial charge in [-0.1, -0.05) is 0 Å². The molecule has 7 heteroatoms. The minimum atomic E-state index is -1.31. The molecule has 0 aromatic carbocycles. The number of rotatable bonds is 4. The van der Waals surface area contributed by atoms with Crippen LogP contribution in [0, 0.1) is 0 Å². The van der Waals surface area contributed by atoms with Crippen LogP contribution in [0.1, 0.15) is 10.4 Å². The van der Waals surface area contributed by atoms with E-state index in [0.717, 1.165) is 0 Å². The Morgan fingerprint density at radius 1 is 1.56 bits per heavy atom. The van der Waals surface area contributed by atoms with Crippen molar-refractivity contribution in [2.24, 2.45) is 0 Å². The molecule has 0 saturated heterocycles. The van der Waals surface area contributed by atoms with Crippen molar-refractivity contribution in [2.45, 2.75) is 6.04 Å². The van der Waals surface area contributed by atoms with Gasteiger partial charge in [0.05, 0.1) is 6.61 Å². The maximum atomic E-state index is 11.5. The molecular weight excluding hydrogens is 280 g/mol. The lowest BCUT2D eigenvalue weighted by atomic mass is 10.2. The summed E-state index contributed by atoms with van der Waals surface area (Å²) >= 11 is 3.09. The molecule has 1 heterocycles. The number of aliphatic hydroxyl groups excluding tert-OH is 1. The molecule has 0 radical (unpaired) electrons. The first-order chi connectivity index (χ1) is 7.54. The third kappa shape index (κ3) is 3.28. The van der Waals surface area contributed by atoms with Crippen LogP contribution in [0.15, 0.2) is 22.9 Å². The van der Waals surface area contributed by atoms with E-state index >= 15 is 0 Å². The Hall–Kier alpha value is -1.47. The Morgan fingerprint density at radius 2 is 2.25 bits per heavy atom. The first-order valence-corrected chi connectivity index (χ1v) is 5.10. The van der Waals surface area contributed by atoms with Gasteiger partial charge >= 0.3 is 5.97 Å². The summed E-state index contributed by atoms with van der Waals surface area (Å²) in [6, 6.07) is 1.58. The third-order valence-corrected chi connectivity index (χ3v) is 2.21. The number of amides is 1. The second-order valence-corrected chi connectivity index (χ2v) is 3.73. The molecule has 1 unspecified atom stereocenters. The second-order valence-electron chi connectivity index (χ2n) is 2.91. The van der Waals surface area contributed by atoms with Crippen molar-refractivity contribution < 1.29 is 19.8 Å². The smallest absolute Gasteiger partial charge is 0.328 e. The SMILES string of the molecule is O=C(NC(CO)C(=O)O)c1ccnc(Br)c1. The van der Waals surface area contributed by atoms with Crippen molar-refractivity contribution in [3.63, 3.8) is 0 Å². The monoisotopic (exact) mass is 288 g/mol. The van der Waals surface area contributed by atoms with E-state index < -0.39 is 24.5 Å². The first-order valence-electron chi connectivity index (χ1n) is 4.30. The minimum absolute atomic E-state index is 0.265. The molecule has 6 nitrogen and oxygen atoms in total. The highest BCUT2D eigenvalue weighted by Gasteiger charge is 2.19. The van der Waals surface area contributed by atoms with Gasteiger partial charge in [-0.15, -0.1) is 0 Å². The van der Waals surface area contributed by atoms with E-state index in [1.807, 2.05) is 0 Å². The summed E-state index contributed by atoms with van der Waals surface area (Å²) in [7, 11) is 0. The molecule has 0 bridgehead atoms. The average molecular weight is 289 g/mol. The number of pyridine rings is 1. The Balaban J connectivity index is 2.75. The molecule has 16 heavy (non-hydrogen) atoms. The highest BCUT2D eigenvalue weighted by Crippen LogP contribution is 2.07. The minimum Gasteiger partial charge on any atom is -0.480 e.